The van der Waals surface area contributed by atoms with Gasteiger partial charge in [-0.05, 0) is 45.5 Å². The molecule has 1 unspecified atom stereocenters. The first-order valence-electron chi connectivity index (χ1n) is 9.21. The number of nitrogens with one attached hydrogen (secondary N) is 1. The lowest BCUT2D eigenvalue weighted by Crippen LogP contribution is -2.43. The van der Waals surface area contributed by atoms with Crippen LogP contribution in [0, 0.1) is 0 Å². The van der Waals surface area contributed by atoms with Gasteiger partial charge in [-0.2, -0.15) is 11.3 Å². The van der Waals surface area contributed by atoms with Gasteiger partial charge in [0.25, 0.3) is 0 Å². The summed E-state index contributed by atoms with van der Waals surface area (Å²) in [6.07, 6.45) is 0. The maximum atomic E-state index is 12.8. The molecule has 1 aromatic carbocycles. The summed E-state index contributed by atoms with van der Waals surface area (Å²) in [4.78, 5) is 2.60. The first kappa shape index (κ1) is 20.5. The Morgan fingerprint density at radius 3 is 2.37 bits per heavy atom. The van der Waals surface area contributed by atoms with Gasteiger partial charge < -0.3 is 4.74 Å². The van der Waals surface area contributed by atoms with Gasteiger partial charge in [0.15, 0.2) is 0 Å². The summed E-state index contributed by atoms with van der Waals surface area (Å²) in [6.45, 7) is 9.67. The molecule has 5 nitrogen and oxygen atoms in total. The molecule has 2 aromatic rings. The monoisotopic (exact) mass is 408 g/mol. The highest BCUT2D eigenvalue weighted by Gasteiger charge is 2.25. The topological polar surface area (TPSA) is 58.6 Å². The third-order valence-electron chi connectivity index (χ3n) is 4.91. The Balaban J connectivity index is 1.73. The number of benzene rings is 1. The van der Waals surface area contributed by atoms with Crippen molar-refractivity contribution in [2.75, 3.05) is 32.8 Å². The molecule has 1 fully saturated rings. The molecule has 0 amide bonds. The Bertz CT molecular complexity index is 819. The van der Waals surface area contributed by atoms with E-state index in [1.807, 2.05) is 17.5 Å². The second kappa shape index (κ2) is 8.41. The number of hydrogen-bond acceptors (Lipinski definition) is 5. The van der Waals surface area contributed by atoms with Crippen molar-refractivity contribution in [1.82, 2.24) is 9.62 Å². The normalized spacial score (nSPS) is 17.7. The molecule has 0 saturated carbocycles. The van der Waals surface area contributed by atoms with E-state index < -0.39 is 10.0 Å². The fraction of sp³-hybridized carbons (Fsp3) is 0.500. The van der Waals surface area contributed by atoms with Crippen molar-refractivity contribution in [1.29, 1.82) is 0 Å². The van der Waals surface area contributed by atoms with Crippen LogP contribution in [0.4, 0.5) is 0 Å². The van der Waals surface area contributed by atoms with Crippen LogP contribution < -0.4 is 4.72 Å². The molecule has 1 aliphatic rings. The van der Waals surface area contributed by atoms with Crippen molar-refractivity contribution in [3.05, 3.63) is 52.2 Å². The van der Waals surface area contributed by atoms with Crippen LogP contribution in [0.5, 0.6) is 0 Å². The molecular formula is C20H28N2O3S2. The van der Waals surface area contributed by atoms with Crippen LogP contribution in [0.25, 0.3) is 0 Å². The van der Waals surface area contributed by atoms with Gasteiger partial charge >= 0.3 is 0 Å². The van der Waals surface area contributed by atoms with Crippen LogP contribution in [0.1, 0.15) is 37.9 Å². The van der Waals surface area contributed by atoms with Crippen molar-refractivity contribution in [2.45, 2.75) is 37.1 Å². The van der Waals surface area contributed by atoms with Gasteiger partial charge in [0, 0.05) is 25.7 Å². The smallest absolute Gasteiger partial charge is 0.240 e. The Hall–Kier alpha value is -1.25. The Kier molecular flexibility index (Phi) is 6.38. The van der Waals surface area contributed by atoms with E-state index in [0.717, 1.165) is 24.2 Å². The minimum atomic E-state index is -3.55. The molecule has 0 radical (unpaired) electrons. The van der Waals surface area contributed by atoms with Crippen molar-refractivity contribution in [3.8, 4) is 0 Å². The van der Waals surface area contributed by atoms with Crippen LogP contribution in [0.3, 0.4) is 0 Å². The van der Waals surface area contributed by atoms with Crippen LogP contribution in [-0.2, 0) is 20.2 Å². The molecule has 0 spiro atoms. The molecule has 3 rings (SSSR count). The van der Waals surface area contributed by atoms with E-state index in [9.17, 15) is 8.42 Å². The number of ether oxygens (including phenoxy) is 1. The quantitative estimate of drug-likeness (QED) is 0.796. The zero-order valence-corrected chi connectivity index (χ0v) is 17.8. The Labute approximate surface area is 166 Å². The molecule has 0 aliphatic carbocycles. The molecule has 1 atom stereocenters. The van der Waals surface area contributed by atoms with Crippen LogP contribution in [-0.4, -0.2) is 46.2 Å². The predicted octanol–water partition coefficient (Wildman–Crippen LogP) is 3.40. The third-order valence-corrected chi connectivity index (χ3v) is 7.05. The minimum absolute atomic E-state index is 0.00387. The van der Waals surface area contributed by atoms with Crippen LogP contribution in [0.2, 0.25) is 0 Å². The largest absolute Gasteiger partial charge is 0.379 e. The molecular weight excluding hydrogens is 380 g/mol. The van der Waals surface area contributed by atoms with E-state index in [-0.39, 0.29) is 11.5 Å². The minimum Gasteiger partial charge on any atom is -0.379 e. The highest BCUT2D eigenvalue weighted by atomic mass is 32.2. The highest BCUT2D eigenvalue weighted by Crippen LogP contribution is 2.25. The molecule has 1 aromatic heterocycles. The average Bonchev–Trinajstić information content (AvgIpc) is 3.16. The van der Waals surface area contributed by atoms with Gasteiger partial charge in [-0.15, -0.1) is 0 Å². The van der Waals surface area contributed by atoms with Crippen LogP contribution in [0.15, 0.2) is 46.0 Å². The lowest BCUT2D eigenvalue weighted by atomic mass is 9.87. The first-order chi connectivity index (χ1) is 12.8. The van der Waals surface area contributed by atoms with Crippen molar-refractivity contribution in [2.24, 2.45) is 0 Å². The number of hydrogen-bond donors (Lipinski definition) is 1. The number of nitrogens with zero attached hydrogens (tertiary/aromatic N) is 1. The third kappa shape index (κ3) is 5.18. The van der Waals surface area contributed by atoms with E-state index >= 15 is 0 Å². The zero-order chi connectivity index (χ0) is 19.5. The average molecular weight is 409 g/mol. The van der Waals surface area contributed by atoms with Crippen LogP contribution >= 0.6 is 11.3 Å². The molecule has 1 saturated heterocycles. The molecule has 148 valence electrons. The Morgan fingerprint density at radius 1 is 1.15 bits per heavy atom. The number of thiophene rings is 1. The van der Waals surface area contributed by atoms with E-state index in [4.69, 9.17) is 4.74 Å². The summed E-state index contributed by atoms with van der Waals surface area (Å²) in [5.41, 5.74) is 2.26. The molecule has 0 bridgehead atoms. The molecule has 27 heavy (non-hydrogen) atoms. The van der Waals surface area contributed by atoms with E-state index in [0.29, 0.717) is 24.7 Å². The van der Waals surface area contributed by atoms with Gasteiger partial charge in [-0.3, -0.25) is 4.90 Å². The fourth-order valence-corrected chi connectivity index (χ4v) is 4.96. The summed E-state index contributed by atoms with van der Waals surface area (Å²) in [5.74, 6) is 0. The summed E-state index contributed by atoms with van der Waals surface area (Å²) in [5, 5.41) is 4.12. The SMILES string of the molecule is CC(C)(C)c1ccc(S(=O)(=O)NCC(c2ccsc2)N2CCOCC2)cc1. The summed E-state index contributed by atoms with van der Waals surface area (Å²) in [6, 6.07) is 9.26. The molecule has 1 aliphatic heterocycles. The van der Waals surface area contributed by atoms with Gasteiger partial charge in [0.2, 0.25) is 10.0 Å². The maximum absolute atomic E-state index is 12.8. The molecule has 7 heteroatoms. The number of sulfonamides is 1. The summed E-state index contributed by atoms with van der Waals surface area (Å²) >= 11 is 1.63. The lowest BCUT2D eigenvalue weighted by Gasteiger charge is -2.34. The lowest BCUT2D eigenvalue weighted by molar-refractivity contribution is 0.0173. The standard InChI is InChI=1S/C20H28N2O3S2/c1-20(2,3)17-4-6-18(7-5-17)27(23,24)21-14-19(16-8-13-26-15-16)22-9-11-25-12-10-22/h4-8,13,15,19,21H,9-12,14H2,1-3H3. The van der Waals surface area contributed by atoms with E-state index in [2.05, 4.69) is 41.8 Å². The van der Waals surface area contributed by atoms with Gasteiger partial charge in [0.1, 0.15) is 0 Å². The van der Waals surface area contributed by atoms with Crippen molar-refractivity contribution >= 4 is 21.4 Å². The summed E-state index contributed by atoms with van der Waals surface area (Å²) in [7, 11) is -3.55. The van der Waals surface area contributed by atoms with Gasteiger partial charge in [-0.25, -0.2) is 13.1 Å². The summed E-state index contributed by atoms with van der Waals surface area (Å²) < 4.78 is 33.9. The zero-order valence-electron chi connectivity index (χ0n) is 16.1. The Morgan fingerprint density at radius 2 is 1.81 bits per heavy atom. The van der Waals surface area contributed by atoms with Gasteiger partial charge in [-0.1, -0.05) is 32.9 Å². The van der Waals surface area contributed by atoms with E-state index in [1.54, 1.807) is 23.5 Å². The van der Waals surface area contributed by atoms with Gasteiger partial charge in [0.05, 0.1) is 18.1 Å². The van der Waals surface area contributed by atoms with E-state index in [1.165, 1.54) is 0 Å². The highest BCUT2D eigenvalue weighted by molar-refractivity contribution is 7.89. The second-order valence-electron chi connectivity index (χ2n) is 7.85. The maximum Gasteiger partial charge on any atom is 0.240 e. The molecule has 1 N–H and O–H groups in total. The van der Waals surface area contributed by atoms with Crippen molar-refractivity contribution < 1.29 is 13.2 Å². The molecule has 2 heterocycles. The number of rotatable bonds is 6. The predicted molar refractivity (Wildman–Crippen MR) is 110 cm³/mol. The second-order valence-corrected chi connectivity index (χ2v) is 10.4. The fourth-order valence-electron chi connectivity index (χ4n) is 3.22. The first-order valence-corrected chi connectivity index (χ1v) is 11.6. The van der Waals surface area contributed by atoms with Crippen molar-refractivity contribution in [3.63, 3.8) is 0 Å². The number of morpholine rings is 1.